The van der Waals surface area contributed by atoms with Crippen LogP contribution in [0.15, 0.2) is 12.2 Å². The van der Waals surface area contributed by atoms with Crippen molar-refractivity contribution >= 4 is 11.6 Å². The van der Waals surface area contributed by atoms with Crippen molar-refractivity contribution in [3.8, 4) is 0 Å². The molecule has 26 heavy (non-hydrogen) atoms. The van der Waals surface area contributed by atoms with Gasteiger partial charge in [0, 0.05) is 17.3 Å². The van der Waals surface area contributed by atoms with Crippen molar-refractivity contribution < 1.29 is 30.0 Å². The highest BCUT2D eigenvalue weighted by Crippen LogP contribution is 2.80. The SMILES string of the molecule is C=C1C(=O)C23C(O)C1CCC2C12C(O)CCC(C)(C)C1C(=O)C3(O)C2O. The molecule has 5 rings (SSSR count). The highest BCUT2D eigenvalue weighted by atomic mass is 16.4. The highest BCUT2D eigenvalue weighted by molar-refractivity contribution is 6.12. The molecule has 4 bridgehead atoms. The summed E-state index contributed by atoms with van der Waals surface area (Å²) < 4.78 is 0. The topological polar surface area (TPSA) is 115 Å². The van der Waals surface area contributed by atoms with Gasteiger partial charge in [0.1, 0.15) is 11.5 Å². The molecule has 5 fully saturated rings. The Balaban J connectivity index is 1.86. The zero-order chi connectivity index (χ0) is 19.0. The first-order chi connectivity index (χ1) is 12.0. The van der Waals surface area contributed by atoms with Gasteiger partial charge in [-0.15, -0.1) is 0 Å². The second kappa shape index (κ2) is 4.32. The summed E-state index contributed by atoms with van der Waals surface area (Å²) in [7, 11) is 0. The van der Waals surface area contributed by atoms with Crippen molar-refractivity contribution in [3.05, 3.63) is 12.2 Å². The molecule has 0 amide bonds. The Kier molecular flexibility index (Phi) is 2.83. The fourth-order valence-corrected chi connectivity index (χ4v) is 8.12. The van der Waals surface area contributed by atoms with Crippen molar-refractivity contribution in [1.29, 1.82) is 0 Å². The minimum atomic E-state index is -2.36. The average Bonchev–Trinajstić information content (AvgIpc) is 2.91. The first-order valence-electron chi connectivity index (χ1n) is 9.56. The summed E-state index contributed by atoms with van der Waals surface area (Å²) in [5, 5.41) is 45.0. The summed E-state index contributed by atoms with van der Waals surface area (Å²) in [6.07, 6.45) is -1.83. The molecule has 5 aliphatic rings. The lowest BCUT2D eigenvalue weighted by atomic mass is 9.43. The largest absolute Gasteiger partial charge is 0.392 e. The van der Waals surface area contributed by atoms with Gasteiger partial charge in [-0.3, -0.25) is 9.59 Å². The summed E-state index contributed by atoms with van der Waals surface area (Å²) in [6.45, 7) is 7.66. The molecule has 0 heterocycles. The van der Waals surface area contributed by atoms with Crippen LogP contribution in [0.1, 0.15) is 39.5 Å². The molecular formula is C20H26O6. The van der Waals surface area contributed by atoms with Crippen LogP contribution in [0, 0.1) is 34.0 Å². The molecule has 0 aliphatic heterocycles. The molecule has 5 saturated carbocycles. The van der Waals surface area contributed by atoms with Crippen LogP contribution in [0.3, 0.4) is 0 Å². The van der Waals surface area contributed by atoms with E-state index in [0.29, 0.717) is 25.7 Å². The van der Waals surface area contributed by atoms with Gasteiger partial charge in [-0.2, -0.15) is 0 Å². The Bertz CT molecular complexity index is 772. The molecule has 142 valence electrons. The van der Waals surface area contributed by atoms with Crippen LogP contribution in [-0.2, 0) is 9.59 Å². The first kappa shape index (κ1) is 17.0. The van der Waals surface area contributed by atoms with Gasteiger partial charge in [0.2, 0.25) is 0 Å². The number of hydrogen-bond donors (Lipinski definition) is 4. The second-order valence-corrected chi connectivity index (χ2v) is 9.91. The molecular weight excluding hydrogens is 336 g/mol. The van der Waals surface area contributed by atoms with E-state index in [1.54, 1.807) is 0 Å². The number of Topliss-reactive ketones (excluding diaryl/α,β-unsaturated/α-hetero) is 2. The molecule has 9 unspecified atom stereocenters. The number of rotatable bonds is 0. The van der Waals surface area contributed by atoms with Gasteiger partial charge in [-0.05, 0) is 42.6 Å². The van der Waals surface area contributed by atoms with Crippen LogP contribution in [0.4, 0.5) is 0 Å². The Morgan fingerprint density at radius 3 is 2.38 bits per heavy atom. The third-order valence-electron chi connectivity index (χ3n) is 8.94. The van der Waals surface area contributed by atoms with Crippen molar-refractivity contribution in [3.63, 3.8) is 0 Å². The zero-order valence-corrected chi connectivity index (χ0v) is 15.1. The normalized spacial score (nSPS) is 59.5. The van der Waals surface area contributed by atoms with E-state index >= 15 is 0 Å². The van der Waals surface area contributed by atoms with E-state index in [9.17, 15) is 30.0 Å². The number of hydrogen-bond acceptors (Lipinski definition) is 6. The number of aliphatic hydroxyl groups is 4. The fourth-order valence-electron chi connectivity index (χ4n) is 8.12. The first-order valence-corrected chi connectivity index (χ1v) is 9.56. The minimum Gasteiger partial charge on any atom is -0.392 e. The molecule has 6 heteroatoms. The van der Waals surface area contributed by atoms with Gasteiger partial charge in [0.15, 0.2) is 17.2 Å². The van der Waals surface area contributed by atoms with Crippen LogP contribution >= 0.6 is 0 Å². The quantitative estimate of drug-likeness (QED) is 0.450. The Morgan fingerprint density at radius 1 is 1.08 bits per heavy atom. The monoisotopic (exact) mass is 362 g/mol. The molecule has 2 spiro atoms. The maximum atomic E-state index is 13.5. The summed E-state index contributed by atoms with van der Waals surface area (Å²) in [5.74, 6) is -2.96. The van der Waals surface area contributed by atoms with E-state index in [2.05, 4.69) is 6.58 Å². The lowest BCUT2D eigenvalue weighted by molar-refractivity contribution is -0.210. The third-order valence-corrected chi connectivity index (χ3v) is 8.94. The molecule has 0 aromatic rings. The van der Waals surface area contributed by atoms with Crippen LogP contribution in [0.25, 0.3) is 0 Å². The van der Waals surface area contributed by atoms with E-state index in [4.69, 9.17) is 0 Å². The molecule has 0 saturated heterocycles. The third kappa shape index (κ3) is 1.22. The van der Waals surface area contributed by atoms with Gasteiger partial charge in [0.05, 0.1) is 12.2 Å². The van der Waals surface area contributed by atoms with Gasteiger partial charge < -0.3 is 20.4 Å². The predicted octanol–water partition coefficient (Wildman–Crippen LogP) is -0.0294. The lowest BCUT2D eigenvalue weighted by Crippen LogP contribution is -2.69. The van der Waals surface area contributed by atoms with E-state index in [-0.39, 0.29) is 5.57 Å². The van der Waals surface area contributed by atoms with Crippen LogP contribution in [0.2, 0.25) is 0 Å². The minimum absolute atomic E-state index is 0.235. The Morgan fingerprint density at radius 2 is 1.73 bits per heavy atom. The standard InChI is InChI=1S/C20H26O6/c1-8-9-4-5-10-18-11(21)6-7-17(2,3)12(18)15(24)20(26,16(18)25)19(10,13(8)22)14(9)23/h9-12,14,16,21,23,25-26H,1,4-7H2,2-3H3. The van der Waals surface area contributed by atoms with E-state index in [1.807, 2.05) is 13.8 Å². The summed E-state index contributed by atoms with van der Waals surface area (Å²) in [6, 6.07) is 0. The molecule has 0 aromatic carbocycles. The number of fused-ring (bicyclic) bond motifs is 2. The van der Waals surface area contributed by atoms with Gasteiger partial charge in [0.25, 0.3) is 0 Å². The van der Waals surface area contributed by atoms with Crippen molar-refractivity contribution in [1.82, 2.24) is 0 Å². The second-order valence-electron chi connectivity index (χ2n) is 9.91. The molecule has 0 aromatic heterocycles. The summed E-state index contributed by atoms with van der Waals surface area (Å²) >= 11 is 0. The molecule has 9 atom stereocenters. The van der Waals surface area contributed by atoms with Crippen LogP contribution < -0.4 is 0 Å². The zero-order valence-electron chi connectivity index (χ0n) is 15.1. The van der Waals surface area contributed by atoms with Crippen LogP contribution in [0.5, 0.6) is 0 Å². The highest BCUT2D eigenvalue weighted by Gasteiger charge is 2.93. The Hall–Kier alpha value is -1.08. The van der Waals surface area contributed by atoms with Crippen LogP contribution in [-0.4, -0.2) is 55.9 Å². The van der Waals surface area contributed by atoms with Crippen molar-refractivity contribution in [2.75, 3.05) is 0 Å². The molecule has 5 aliphatic carbocycles. The van der Waals surface area contributed by atoms with E-state index < -0.39 is 69.5 Å². The molecule has 4 N–H and O–H groups in total. The van der Waals surface area contributed by atoms with Gasteiger partial charge >= 0.3 is 0 Å². The number of carbonyl (C=O) groups excluding carboxylic acids is 2. The number of aliphatic hydroxyl groups excluding tert-OH is 3. The van der Waals surface area contributed by atoms with Gasteiger partial charge in [-0.1, -0.05) is 20.4 Å². The Labute approximate surface area is 151 Å². The average molecular weight is 362 g/mol. The molecule has 6 nitrogen and oxygen atoms in total. The summed E-state index contributed by atoms with van der Waals surface area (Å²) in [5.41, 5.74) is -5.70. The van der Waals surface area contributed by atoms with Crippen molar-refractivity contribution in [2.24, 2.45) is 34.0 Å². The number of ketones is 2. The smallest absolute Gasteiger partial charge is 0.172 e. The van der Waals surface area contributed by atoms with Crippen molar-refractivity contribution in [2.45, 2.75) is 63.4 Å². The van der Waals surface area contributed by atoms with Gasteiger partial charge in [-0.25, -0.2) is 0 Å². The lowest BCUT2D eigenvalue weighted by Gasteiger charge is -2.59. The van der Waals surface area contributed by atoms with E-state index in [1.165, 1.54) is 0 Å². The van der Waals surface area contributed by atoms with E-state index in [0.717, 1.165) is 0 Å². The number of carbonyl (C=O) groups is 2. The predicted molar refractivity (Wildman–Crippen MR) is 89.7 cm³/mol. The maximum Gasteiger partial charge on any atom is 0.172 e. The fraction of sp³-hybridized carbons (Fsp3) is 0.800. The maximum absolute atomic E-state index is 13.5. The molecule has 0 radical (unpaired) electrons. The summed E-state index contributed by atoms with van der Waals surface area (Å²) in [4.78, 5) is 26.8.